The largest absolute Gasteiger partial charge is 0.472 e. The molecular weight excluding hydrogens is 1290 g/mol. The second kappa shape index (κ2) is 71.7. The first kappa shape index (κ1) is 97.1. The second-order valence-electron chi connectivity index (χ2n) is 29.8. The van der Waals surface area contributed by atoms with E-state index in [9.17, 15) is 43.2 Å². The molecule has 99 heavy (non-hydrogen) atoms. The predicted octanol–water partition coefficient (Wildman–Crippen LogP) is 23.9. The van der Waals surface area contributed by atoms with Crippen LogP contribution in [0.5, 0.6) is 0 Å². The molecule has 0 aromatic carbocycles. The van der Waals surface area contributed by atoms with E-state index in [1.54, 1.807) is 0 Å². The Labute approximate surface area is 607 Å². The fourth-order valence-corrected chi connectivity index (χ4v) is 13.9. The van der Waals surface area contributed by atoms with Gasteiger partial charge in [0.2, 0.25) is 0 Å². The van der Waals surface area contributed by atoms with Crippen LogP contribution in [0.1, 0.15) is 420 Å². The molecule has 3 N–H and O–H groups in total. The number of carbonyl (C=O) groups is 4. The molecule has 0 spiro atoms. The third kappa shape index (κ3) is 74.1. The predicted molar refractivity (Wildman–Crippen MR) is 405 cm³/mol. The van der Waals surface area contributed by atoms with E-state index in [-0.39, 0.29) is 25.7 Å². The average molecular weight is 1450 g/mol. The minimum absolute atomic E-state index is 0.106. The second-order valence-corrected chi connectivity index (χ2v) is 32.7. The molecule has 0 radical (unpaired) electrons. The fourth-order valence-electron chi connectivity index (χ4n) is 12.4. The number of rotatable bonds is 79. The Morgan fingerprint density at radius 3 is 0.687 bits per heavy atom. The third-order valence-corrected chi connectivity index (χ3v) is 20.6. The molecule has 0 saturated heterocycles. The fraction of sp³-hybridized carbons (Fsp3) is 0.950. The highest BCUT2D eigenvalue weighted by Gasteiger charge is 2.30. The van der Waals surface area contributed by atoms with E-state index in [4.69, 9.17) is 37.0 Å². The third-order valence-electron chi connectivity index (χ3n) is 18.7. The Kier molecular flexibility index (Phi) is 70.3. The van der Waals surface area contributed by atoms with Crippen LogP contribution in [0.15, 0.2) is 0 Å². The van der Waals surface area contributed by atoms with E-state index in [0.29, 0.717) is 31.6 Å². The summed E-state index contributed by atoms with van der Waals surface area (Å²) in [6.45, 7) is 9.55. The van der Waals surface area contributed by atoms with Gasteiger partial charge < -0.3 is 33.8 Å². The molecule has 17 nitrogen and oxygen atoms in total. The molecule has 5 atom stereocenters. The summed E-state index contributed by atoms with van der Waals surface area (Å²) in [5.41, 5.74) is 0. The van der Waals surface area contributed by atoms with Crippen molar-refractivity contribution >= 4 is 39.5 Å². The molecule has 0 aliphatic heterocycles. The maximum Gasteiger partial charge on any atom is 0.472 e. The van der Waals surface area contributed by atoms with Crippen molar-refractivity contribution in [2.24, 2.45) is 11.8 Å². The Balaban J connectivity index is 5.22. The smallest absolute Gasteiger partial charge is 0.462 e. The summed E-state index contributed by atoms with van der Waals surface area (Å²) in [4.78, 5) is 72.9. The summed E-state index contributed by atoms with van der Waals surface area (Å²) in [5, 5.41) is 10.6. The maximum atomic E-state index is 13.1. The van der Waals surface area contributed by atoms with Gasteiger partial charge in [-0.3, -0.25) is 37.3 Å². The number of esters is 4. The Bertz CT molecular complexity index is 1910. The van der Waals surface area contributed by atoms with Crippen LogP contribution in [0.25, 0.3) is 0 Å². The van der Waals surface area contributed by atoms with Crippen LogP contribution in [0.3, 0.4) is 0 Å². The molecule has 0 bridgehead atoms. The van der Waals surface area contributed by atoms with Gasteiger partial charge in [-0.05, 0) is 37.5 Å². The van der Waals surface area contributed by atoms with Crippen molar-refractivity contribution in [3.05, 3.63) is 0 Å². The van der Waals surface area contributed by atoms with Crippen LogP contribution in [-0.4, -0.2) is 96.7 Å². The number of hydrogen-bond donors (Lipinski definition) is 3. The highest BCUT2D eigenvalue weighted by atomic mass is 31.2. The van der Waals surface area contributed by atoms with Crippen LogP contribution in [0.4, 0.5) is 0 Å². The number of unbranched alkanes of at least 4 members (excludes halogenated alkanes) is 49. The Morgan fingerprint density at radius 1 is 0.273 bits per heavy atom. The number of aliphatic hydroxyl groups is 1. The molecular formula is C80H156O17P2. The van der Waals surface area contributed by atoms with Gasteiger partial charge in [0.15, 0.2) is 12.2 Å². The van der Waals surface area contributed by atoms with E-state index < -0.39 is 97.5 Å². The van der Waals surface area contributed by atoms with Gasteiger partial charge in [-0.25, -0.2) is 9.13 Å². The lowest BCUT2D eigenvalue weighted by molar-refractivity contribution is -0.161. The van der Waals surface area contributed by atoms with Gasteiger partial charge in [0.05, 0.1) is 26.4 Å². The number of hydrogen-bond acceptors (Lipinski definition) is 15. The molecule has 19 heteroatoms. The number of phosphoric ester groups is 2. The lowest BCUT2D eigenvalue weighted by atomic mass is 10.0. The van der Waals surface area contributed by atoms with Crippen molar-refractivity contribution in [2.45, 2.75) is 439 Å². The highest BCUT2D eigenvalue weighted by Crippen LogP contribution is 2.45. The van der Waals surface area contributed by atoms with Crippen molar-refractivity contribution in [1.29, 1.82) is 0 Å². The zero-order valence-corrected chi connectivity index (χ0v) is 66.6. The Hall–Kier alpha value is -1.94. The summed E-state index contributed by atoms with van der Waals surface area (Å²) in [6.07, 6.45) is 61.3. The van der Waals surface area contributed by atoms with E-state index >= 15 is 0 Å². The first-order chi connectivity index (χ1) is 47.9. The van der Waals surface area contributed by atoms with Gasteiger partial charge in [-0.2, -0.15) is 0 Å². The van der Waals surface area contributed by atoms with E-state index in [1.165, 1.54) is 231 Å². The topological polar surface area (TPSA) is 237 Å². The number of aliphatic hydroxyl groups excluding tert-OH is 1. The van der Waals surface area contributed by atoms with E-state index in [0.717, 1.165) is 102 Å². The van der Waals surface area contributed by atoms with Crippen LogP contribution in [-0.2, 0) is 65.4 Å². The van der Waals surface area contributed by atoms with Crippen molar-refractivity contribution < 1.29 is 80.2 Å². The van der Waals surface area contributed by atoms with E-state index in [1.807, 2.05) is 0 Å². The first-order valence-corrected chi connectivity index (χ1v) is 44.5. The molecule has 0 aromatic rings. The summed E-state index contributed by atoms with van der Waals surface area (Å²) in [6, 6.07) is 0. The molecule has 0 heterocycles. The minimum Gasteiger partial charge on any atom is -0.462 e. The van der Waals surface area contributed by atoms with Crippen LogP contribution >= 0.6 is 15.6 Å². The average Bonchev–Trinajstić information content (AvgIpc) is 1.07. The van der Waals surface area contributed by atoms with Gasteiger partial charge in [0.25, 0.3) is 0 Å². The molecule has 0 aliphatic rings. The summed E-state index contributed by atoms with van der Waals surface area (Å²) in [7, 11) is -9.92. The quantitative estimate of drug-likeness (QED) is 0.0222. The van der Waals surface area contributed by atoms with Crippen LogP contribution in [0.2, 0.25) is 0 Å². The van der Waals surface area contributed by atoms with Gasteiger partial charge >= 0.3 is 39.5 Å². The monoisotopic (exact) mass is 1450 g/mol. The van der Waals surface area contributed by atoms with Gasteiger partial charge in [0.1, 0.15) is 19.3 Å². The van der Waals surface area contributed by atoms with Gasteiger partial charge in [-0.1, -0.05) is 369 Å². The summed E-state index contributed by atoms with van der Waals surface area (Å²) < 4.78 is 68.6. The maximum absolute atomic E-state index is 13.1. The van der Waals surface area contributed by atoms with Crippen LogP contribution in [0, 0.1) is 11.8 Å². The molecule has 0 saturated carbocycles. The summed E-state index contributed by atoms with van der Waals surface area (Å²) >= 11 is 0. The molecule has 0 amide bonds. The van der Waals surface area contributed by atoms with Crippen molar-refractivity contribution in [1.82, 2.24) is 0 Å². The molecule has 2 unspecified atom stereocenters. The zero-order chi connectivity index (χ0) is 72.8. The zero-order valence-electron chi connectivity index (χ0n) is 64.8. The van der Waals surface area contributed by atoms with Gasteiger partial charge in [-0.15, -0.1) is 0 Å². The lowest BCUT2D eigenvalue weighted by Crippen LogP contribution is -2.30. The number of carbonyl (C=O) groups excluding carboxylic acids is 4. The molecule has 0 fully saturated rings. The number of phosphoric acid groups is 2. The minimum atomic E-state index is -4.96. The molecule has 0 aromatic heterocycles. The SMILES string of the molecule is CCCCCCCCCCCCCCCCCCCCC(=O)OC[C@H](COP(=O)(O)OC[C@@H](O)COP(=O)(O)OC[C@@H](COC(=O)CCCCCCCCC(C)C)OC(=O)CCCCCCCCCCCCCC(C)C)OC(=O)CCCCCCCCCCCCCCCCCCCC. The summed E-state index contributed by atoms with van der Waals surface area (Å²) in [5.74, 6) is -0.667. The van der Waals surface area contributed by atoms with Crippen molar-refractivity contribution in [2.75, 3.05) is 39.6 Å². The normalized spacial score (nSPS) is 13.9. The molecule has 588 valence electrons. The number of ether oxygens (including phenoxy) is 4. The highest BCUT2D eigenvalue weighted by molar-refractivity contribution is 7.47. The lowest BCUT2D eigenvalue weighted by Gasteiger charge is -2.21. The molecule has 0 rings (SSSR count). The van der Waals surface area contributed by atoms with Crippen molar-refractivity contribution in [3.8, 4) is 0 Å². The van der Waals surface area contributed by atoms with Crippen molar-refractivity contribution in [3.63, 3.8) is 0 Å². The van der Waals surface area contributed by atoms with Crippen LogP contribution < -0.4 is 0 Å². The Morgan fingerprint density at radius 2 is 0.465 bits per heavy atom. The van der Waals surface area contributed by atoms with Gasteiger partial charge in [0, 0.05) is 25.7 Å². The first-order valence-electron chi connectivity index (χ1n) is 41.5. The standard InChI is InChI=1S/C80H156O17P2/c1-7-9-11-13-15-17-19-21-23-25-27-29-31-35-39-43-50-56-62-77(82)90-68-75(96-79(84)64-58-52-44-40-36-32-30-28-26-24-22-20-18-16-14-12-10-8-2)70-94-98(86,87)92-66-74(81)67-93-99(88,89)95-71-76(69-91-78(83)63-57-51-47-46-49-55-61-73(5)6)97-80(85)65-59-53-45-41-37-33-34-38-42-48-54-60-72(3)4/h72-76,81H,7-71H2,1-6H3,(H,86,87)(H,88,89)/t74-,75-,76-/m1/s1. The van der Waals surface area contributed by atoms with E-state index in [2.05, 4.69) is 41.5 Å². The molecule has 0 aliphatic carbocycles.